The van der Waals surface area contributed by atoms with Gasteiger partial charge in [0, 0.05) is 13.1 Å². The van der Waals surface area contributed by atoms with Crippen LogP contribution >= 0.6 is 0 Å². The van der Waals surface area contributed by atoms with Crippen molar-refractivity contribution in [2.24, 2.45) is 0 Å². The lowest BCUT2D eigenvalue weighted by atomic mass is 10.2. The average Bonchev–Trinajstić information content (AvgIpc) is 2.33. The van der Waals surface area contributed by atoms with E-state index < -0.39 is 0 Å². The van der Waals surface area contributed by atoms with E-state index in [2.05, 4.69) is 0 Å². The van der Waals surface area contributed by atoms with Gasteiger partial charge in [-0.1, -0.05) is 18.2 Å². The van der Waals surface area contributed by atoms with E-state index in [4.69, 9.17) is 9.47 Å². The molecule has 1 fully saturated rings. The van der Waals surface area contributed by atoms with Crippen LogP contribution in [0.4, 0.5) is 4.79 Å². The molecular weight excluding hydrogens is 206 g/mol. The Balaban J connectivity index is 1.99. The highest BCUT2D eigenvalue weighted by molar-refractivity contribution is 5.71. The van der Waals surface area contributed by atoms with Crippen LogP contribution in [0.1, 0.15) is 5.56 Å². The second-order valence-electron chi connectivity index (χ2n) is 3.73. The third-order valence-electron chi connectivity index (χ3n) is 2.56. The largest absolute Gasteiger partial charge is 0.415 e. The Morgan fingerprint density at radius 1 is 1.31 bits per heavy atom. The third kappa shape index (κ3) is 2.52. The van der Waals surface area contributed by atoms with E-state index in [1.807, 2.05) is 25.1 Å². The first-order valence-electron chi connectivity index (χ1n) is 5.37. The van der Waals surface area contributed by atoms with E-state index in [0.717, 1.165) is 5.56 Å². The molecule has 1 amide bonds. The lowest BCUT2D eigenvalue weighted by Crippen LogP contribution is -2.42. The van der Waals surface area contributed by atoms with Crippen LogP contribution in [0, 0.1) is 6.92 Å². The summed E-state index contributed by atoms with van der Waals surface area (Å²) in [6.45, 7) is 4.29. The summed E-state index contributed by atoms with van der Waals surface area (Å²) in [7, 11) is 0. The monoisotopic (exact) mass is 221 g/mol. The highest BCUT2D eigenvalue weighted by atomic mass is 16.6. The number of para-hydroxylation sites is 1. The maximum Gasteiger partial charge on any atom is 0.415 e. The summed E-state index contributed by atoms with van der Waals surface area (Å²) in [5, 5.41) is 0. The van der Waals surface area contributed by atoms with Crippen LogP contribution in [-0.2, 0) is 4.74 Å². The van der Waals surface area contributed by atoms with Gasteiger partial charge in [-0.2, -0.15) is 0 Å². The average molecular weight is 221 g/mol. The number of nitrogens with zero attached hydrogens (tertiary/aromatic N) is 1. The van der Waals surface area contributed by atoms with Crippen LogP contribution in [0.3, 0.4) is 0 Å². The molecule has 2 rings (SSSR count). The Kier molecular flexibility index (Phi) is 3.41. The normalized spacial score (nSPS) is 15.9. The highest BCUT2D eigenvalue weighted by Crippen LogP contribution is 2.17. The fourth-order valence-corrected chi connectivity index (χ4v) is 1.58. The van der Waals surface area contributed by atoms with Gasteiger partial charge in [0.1, 0.15) is 5.75 Å². The molecule has 1 aliphatic heterocycles. The molecule has 0 atom stereocenters. The summed E-state index contributed by atoms with van der Waals surface area (Å²) >= 11 is 0. The minimum Gasteiger partial charge on any atom is -0.410 e. The van der Waals surface area contributed by atoms with Crippen LogP contribution in [0.2, 0.25) is 0 Å². The zero-order valence-corrected chi connectivity index (χ0v) is 9.31. The Hall–Kier alpha value is -1.55. The molecule has 0 radical (unpaired) electrons. The fraction of sp³-hybridized carbons (Fsp3) is 0.417. The Labute approximate surface area is 94.8 Å². The summed E-state index contributed by atoms with van der Waals surface area (Å²) in [6.07, 6.45) is -0.294. The Bertz CT molecular complexity index is 372. The van der Waals surface area contributed by atoms with Crippen LogP contribution in [0.5, 0.6) is 5.75 Å². The molecule has 0 saturated carbocycles. The van der Waals surface area contributed by atoms with Gasteiger partial charge in [-0.25, -0.2) is 4.79 Å². The number of rotatable bonds is 1. The molecule has 0 bridgehead atoms. The molecular formula is C12H15NO3. The Morgan fingerprint density at radius 2 is 2.00 bits per heavy atom. The van der Waals surface area contributed by atoms with Crippen molar-refractivity contribution in [3.63, 3.8) is 0 Å². The summed E-state index contributed by atoms with van der Waals surface area (Å²) in [5.41, 5.74) is 0.962. The molecule has 1 aliphatic rings. The number of carbonyl (C=O) groups is 1. The molecule has 0 aliphatic carbocycles. The first kappa shape index (κ1) is 11.0. The van der Waals surface area contributed by atoms with E-state index >= 15 is 0 Å². The number of ether oxygens (including phenoxy) is 2. The lowest BCUT2D eigenvalue weighted by molar-refractivity contribution is 0.0415. The minimum absolute atomic E-state index is 0.294. The van der Waals surface area contributed by atoms with E-state index in [0.29, 0.717) is 32.1 Å². The molecule has 0 spiro atoms. The van der Waals surface area contributed by atoms with Crippen LogP contribution in [0.25, 0.3) is 0 Å². The molecule has 1 heterocycles. The molecule has 1 aromatic carbocycles. The van der Waals surface area contributed by atoms with Gasteiger partial charge in [-0.3, -0.25) is 0 Å². The van der Waals surface area contributed by atoms with E-state index in [1.165, 1.54) is 0 Å². The minimum atomic E-state index is -0.294. The lowest BCUT2D eigenvalue weighted by Gasteiger charge is -2.26. The van der Waals surface area contributed by atoms with Gasteiger partial charge in [-0.05, 0) is 18.6 Å². The molecule has 0 unspecified atom stereocenters. The molecule has 1 saturated heterocycles. The first-order chi connectivity index (χ1) is 7.77. The first-order valence-corrected chi connectivity index (χ1v) is 5.37. The standard InChI is InChI=1S/C12H15NO3/c1-10-4-2-3-5-11(10)16-12(14)13-6-8-15-9-7-13/h2-5H,6-9H2,1H3. The zero-order valence-electron chi connectivity index (χ0n) is 9.31. The molecule has 4 nitrogen and oxygen atoms in total. The van der Waals surface area contributed by atoms with E-state index in [9.17, 15) is 4.79 Å². The predicted octanol–water partition coefficient (Wildman–Crippen LogP) is 1.83. The maximum atomic E-state index is 11.8. The summed E-state index contributed by atoms with van der Waals surface area (Å²) in [4.78, 5) is 13.4. The second-order valence-corrected chi connectivity index (χ2v) is 3.73. The van der Waals surface area contributed by atoms with Gasteiger partial charge in [0.15, 0.2) is 0 Å². The number of aryl methyl sites for hydroxylation is 1. The highest BCUT2D eigenvalue weighted by Gasteiger charge is 2.18. The summed E-state index contributed by atoms with van der Waals surface area (Å²) in [5.74, 6) is 0.624. The van der Waals surface area contributed by atoms with Crippen LogP contribution < -0.4 is 4.74 Å². The summed E-state index contributed by atoms with van der Waals surface area (Å²) < 4.78 is 10.5. The van der Waals surface area contributed by atoms with Crippen molar-refractivity contribution in [2.75, 3.05) is 26.3 Å². The molecule has 16 heavy (non-hydrogen) atoms. The number of amides is 1. The van der Waals surface area contributed by atoms with Crippen LogP contribution in [-0.4, -0.2) is 37.3 Å². The predicted molar refractivity (Wildman–Crippen MR) is 59.6 cm³/mol. The number of benzene rings is 1. The topological polar surface area (TPSA) is 38.8 Å². The van der Waals surface area contributed by atoms with Gasteiger partial charge >= 0.3 is 6.09 Å². The molecule has 1 aromatic rings. The Morgan fingerprint density at radius 3 is 2.69 bits per heavy atom. The number of hydrogen-bond acceptors (Lipinski definition) is 3. The fourth-order valence-electron chi connectivity index (χ4n) is 1.58. The van der Waals surface area contributed by atoms with E-state index in [-0.39, 0.29) is 6.09 Å². The van der Waals surface area contributed by atoms with Gasteiger partial charge in [0.25, 0.3) is 0 Å². The van der Waals surface area contributed by atoms with Crippen molar-refractivity contribution in [3.8, 4) is 5.75 Å². The zero-order chi connectivity index (χ0) is 11.4. The molecule has 86 valence electrons. The number of hydrogen-bond donors (Lipinski definition) is 0. The quantitative estimate of drug-likeness (QED) is 0.726. The van der Waals surface area contributed by atoms with Gasteiger partial charge in [0.2, 0.25) is 0 Å². The van der Waals surface area contributed by atoms with Crippen molar-refractivity contribution in [2.45, 2.75) is 6.92 Å². The van der Waals surface area contributed by atoms with Crippen molar-refractivity contribution in [1.29, 1.82) is 0 Å². The molecule has 0 N–H and O–H groups in total. The van der Waals surface area contributed by atoms with Crippen molar-refractivity contribution in [3.05, 3.63) is 29.8 Å². The third-order valence-corrected chi connectivity index (χ3v) is 2.56. The van der Waals surface area contributed by atoms with E-state index in [1.54, 1.807) is 11.0 Å². The smallest absolute Gasteiger partial charge is 0.410 e. The van der Waals surface area contributed by atoms with Gasteiger partial charge in [0.05, 0.1) is 13.2 Å². The van der Waals surface area contributed by atoms with Crippen molar-refractivity contribution < 1.29 is 14.3 Å². The SMILES string of the molecule is Cc1ccccc1OC(=O)N1CCOCC1. The van der Waals surface area contributed by atoms with Crippen molar-refractivity contribution >= 4 is 6.09 Å². The second kappa shape index (κ2) is 4.99. The van der Waals surface area contributed by atoms with Crippen molar-refractivity contribution in [1.82, 2.24) is 4.90 Å². The molecule has 4 heteroatoms. The van der Waals surface area contributed by atoms with Gasteiger partial charge < -0.3 is 14.4 Å². The number of carbonyl (C=O) groups excluding carboxylic acids is 1. The maximum absolute atomic E-state index is 11.8. The molecule has 0 aromatic heterocycles. The van der Waals surface area contributed by atoms with Gasteiger partial charge in [-0.15, -0.1) is 0 Å². The summed E-state index contributed by atoms with van der Waals surface area (Å²) in [6, 6.07) is 7.49. The number of morpholine rings is 1. The van der Waals surface area contributed by atoms with Crippen LogP contribution in [0.15, 0.2) is 24.3 Å².